The molecular weight excluding hydrogens is 452 g/mol. The molecule has 0 atom stereocenters. The Kier molecular flexibility index (Phi) is 10.6. The number of hydrogen-bond acceptors (Lipinski definition) is 8. The molecule has 0 saturated carbocycles. The normalized spacial score (nSPS) is 14.7. The summed E-state index contributed by atoms with van der Waals surface area (Å²) in [5.74, 6) is -1.57. The van der Waals surface area contributed by atoms with Gasteiger partial charge in [0.1, 0.15) is 10.6 Å². The number of esters is 2. The van der Waals surface area contributed by atoms with E-state index in [4.69, 9.17) is 14.2 Å². The Hall–Kier alpha value is -2.66. The van der Waals surface area contributed by atoms with Crippen LogP contribution >= 0.6 is 0 Å². The van der Waals surface area contributed by atoms with Crippen LogP contribution in [0.3, 0.4) is 0 Å². The number of carbonyl (C=O) groups excluding carboxylic acids is 3. The van der Waals surface area contributed by atoms with Crippen molar-refractivity contribution >= 4 is 27.9 Å². The van der Waals surface area contributed by atoms with Crippen molar-refractivity contribution in [3.05, 3.63) is 23.8 Å². The average Bonchev–Trinajstić information content (AvgIpc) is 3.10. The predicted molar refractivity (Wildman–Crippen MR) is 119 cm³/mol. The predicted octanol–water partition coefficient (Wildman–Crippen LogP) is 1.88. The SMILES string of the molecule is CCOC(=O)CCCNC(=O)COC(=O)c1ccc(OC)c(S(=O)(=O)N2CCCCCC2)c1. The van der Waals surface area contributed by atoms with Crippen LogP contribution in [0.5, 0.6) is 5.75 Å². The highest BCUT2D eigenvalue weighted by Gasteiger charge is 2.29. The van der Waals surface area contributed by atoms with Crippen LogP contribution in [-0.2, 0) is 29.1 Å². The van der Waals surface area contributed by atoms with E-state index < -0.39 is 28.5 Å². The summed E-state index contributed by atoms with van der Waals surface area (Å²) in [5, 5.41) is 2.54. The molecule has 1 aliphatic heterocycles. The second-order valence-electron chi connectivity index (χ2n) is 7.52. The van der Waals surface area contributed by atoms with Crippen molar-refractivity contribution in [3.8, 4) is 5.75 Å². The van der Waals surface area contributed by atoms with Gasteiger partial charge in [0.05, 0.1) is 19.3 Å². The van der Waals surface area contributed by atoms with E-state index in [0.717, 1.165) is 25.7 Å². The maximum atomic E-state index is 13.2. The molecule has 1 aliphatic rings. The number of sulfonamides is 1. The third kappa shape index (κ3) is 8.01. The standard InChI is InChI=1S/C22H32N2O8S/c1-3-31-21(26)9-8-12-23-20(25)16-32-22(27)17-10-11-18(30-2)19(15-17)33(28,29)24-13-6-4-5-7-14-24/h10-11,15H,3-9,12-14,16H2,1-2H3,(H,23,25). The lowest BCUT2D eigenvalue weighted by Gasteiger charge is -2.21. The van der Waals surface area contributed by atoms with Gasteiger partial charge < -0.3 is 19.5 Å². The molecule has 1 aromatic rings. The van der Waals surface area contributed by atoms with Crippen LogP contribution in [0.15, 0.2) is 23.1 Å². The number of carbonyl (C=O) groups is 3. The quantitative estimate of drug-likeness (QED) is 0.372. The van der Waals surface area contributed by atoms with Gasteiger partial charge in [-0.1, -0.05) is 12.8 Å². The number of amides is 1. The topological polar surface area (TPSA) is 128 Å². The Bertz CT molecular complexity index is 924. The highest BCUT2D eigenvalue weighted by Crippen LogP contribution is 2.29. The number of ether oxygens (including phenoxy) is 3. The van der Waals surface area contributed by atoms with E-state index in [9.17, 15) is 22.8 Å². The third-order valence-corrected chi connectivity index (χ3v) is 7.02. The Morgan fingerprint density at radius 3 is 2.39 bits per heavy atom. The Balaban J connectivity index is 1.97. The first-order chi connectivity index (χ1) is 15.8. The zero-order valence-electron chi connectivity index (χ0n) is 19.1. The average molecular weight is 485 g/mol. The fourth-order valence-electron chi connectivity index (χ4n) is 3.39. The zero-order valence-corrected chi connectivity index (χ0v) is 19.9. The lowest BCUT2D eigenvalue weighted by Crippen LogP contribution is -2.32. The fraction of sp³-hybridized carbons (Fsp3) is 0.591. The molecule has 0 aromatic heterocycles. The van der Waals surface area contributed by atoms with E-state index in [1.165, 1.54) is 29.6 Å². The van der Waals surface area contributed by atoms with Crippen LogP contribution in [0.1, 0.15) is 55.8 Å². The molecule has 0 bridgehead atoms. The van der Waals surface area contributed by atoms with E-state index in [0.29, 0.717) is 26.1 Å². The van der Waals surface area contributed by atoms with Crippen molar-refractivity contribution < 1.29 is 37.0 Å². The molecule has 2 rings (SSSR count). The van der Waals surface area contributed by atoms with Gasteiger partial charge in [-0.2, -0.15) is 4.31 Å². The van der Waals surface area contributed by atoms with Crippen molar-refractivity contribution in [2.45, 2.75) is 50.3 Å². The molecule has 10 nitrogen and oxygen atoms in total. The first-order valence-corrected chi connectivity index (χ1v) is 12.5. The molecule has 0 unspecified atom stereocenters. The maximum absolute atomic E-state index is 13.2. The Morgan fingerprint density at radius 2 is 1.76 bits per heavy atom. The van der Waals surface area contributed by atoms with Crippen molar-refractivity contribution in [2.75, 3.05) is 40.0 Å². The number of nitrogens with one attached hydrogen (secondary N) is 1. The van der Waals surface area contributed by atoms with Crippen molar-refractivity contribution in [1.82, 2.24) is 9.62 Å². The molecule has 1 fully saturated rings. The summed E-state index contributed by atoms with van der Waals surface area (Å²) in [7, 11) is -2.50. The van der Waals surface area contributed by atoms with Gasteiger partial charge in [-0.15, -0.1) is 0 Å². The monoisotopic (exact) mass is 484 g/mol. The number of rotatable bonds is 11. The highest BCUT2D eigenvalue weighted by atomic mass is 32.2. The lowest BCUT2D eigenvalue weighted by molar-refractivity contribution is -0.143. The van der Waals surface area contributed by atoms with Gasteiger partial charge in [0.25, 0.3) is 5.91 Å². The van der Waals surface area contributed by atoms with Gasteiger partial charge in [-0.25, -0.2) is 13.2 Å². The van der Waals surface area contributed by atoms with Crippen LogP contribution in [0.2, 0.25) is 0 Å². The van der Waals surface area contributed by atoms with Crippen LogP contribution in [0, 0.1) is 0 Å². The molecule has 1 aromatic carbocycles. The Labute approximate surface area is 194 Å². The smallest absolute Gasteiger partial charge is 0.338 e. The summed E-state index contributed by atoms with van der Waals surface area (Å²) in [5.41, 5.74) is -0.000641. The molecule has 1 heterocycles. The van der Waals surface area contributed by atoms with Gasteiger partial charge in [-0.05, 0) is 44.4 Å². The summed E-state index contributed by atoms with van der Waals surface area (Å²) in [6.07, 6.45) is 4.07. The lowest BCUT2D eigenvalue weighted by atomic mass is 10.2. The second kappa shape index (κ2) is 13.1. The minimum atomic E-state index is -3.86. The van der Waals surface area contributed by atoms with Crippen molar-refractivity contribution in [1.29, 1.82) is 0 Å². The minimum Gasteiger partial charge on any atom is -0.495 e. The van der Waals surface area contributed by atoms with Gasteiger partial charge in [0.15, 0.2) is 6.61 Å². The summed E-state index contributed by atoms with van der Waals surface area (Å²) in [6, 6.07) is 4.01. The minimum absolute atomic E-state index is 0.000641. The van der Waals surface area contributed by atoms with Gasteiger partial charge >= 0.3 is 11.9 Å². The maximum Gasteiger partial charge on any atom is 0.338 e. The molecule has 0 aliphatic carbocycles. The van der Waals surface area contributed by atoms with E-state index >= 15 is 0 Å². The molecule has 1 amide bonds. The van der Waals surface area contributed by atoms with Crippen molar-refractivity contribution in [2.24, 2.45) is 0 Å². The van der Waals surface area contributed by atoms with E-state index in [1.54, 1.807) is 6.92 Å². The molecule has 0 spiro atoms. The first-order valence-electron chi connectivity index (χ1n) is 11.1. The number of benzene rings is 1. The zero-order chi connectivity index (χ0) is 24.3. The summed E-state index contributed by atoms with van der Waals surface area (Å²) in [4.78, 5) is 35.5. The van der Waals surface area contributed by atoms with Gasteiger partial charge in [0, 0.05) is 26.1 Å². The Morgan fingerprint density at radius 1 is 1.06 bits per heavy atom. The molecule has 184 valence electrons. The number of nitrogens with zero attached hydrogens (tertiary/aromatic N) is 1. The molecule has 11 heteroatoms. The molecule has 1 N–H and O–H groups in total. The van der Waals surface area contributed by atoms with Crippen LogP contribution in [0.4, 0.5) is 0 Å². The largest absolute Gasteiger partial charge is 0.495 e. The molecular formula is C22H32N2O8S. The van der Waals surface area contributed by atoms with E-state index in [2.05, 4.69) is 5.32 Å². The van der Waals surface area contributed by atoms with E-state index in [1.807, 2.05) is 0 Å². The number of methoxy groups -OCH3 is 1. The van der Waals surface area contributed by atoms with Crippen LogP contribution < -0.4 is 10.1 Å². The molecule has 0 radical (unpaired) electrons. The van der Waals surface area contributed by atoms with Crippen LogP contribution in [0.25, 0.3) is 0 Å². The third-order valence-electron chi connectivity index (χ3n) is 5.10. The molecule has 33 heavy (non-hydrogen) atoms. The molecule has 1 saturated heterocycles. The van der Waals surface area contributed by atoms with Crippen molar-refractivity contribution in [3.63, 3.8) is 0 Å². The summed E-state index contributed by atoms with van der Waals surface area (Å²) in [6.45, 7) is 2.54. The van der Waals surface area contributed by atoms with Gasteiger partial charge in [-0.3, -0.25) is 9.59 Å². The van der Waals surface area contributed by atoms with Gasteiger partial charge in [0.2, 0.25) is 10.0 Å². The second-order valence-corrected chi connectivity index (χ2v) is 9.42. The summed E-state index contributed by atoms with van der Waals surface area (Å²) >= 11 is 0. The number of hydrogen-bond donors (Lipinski definition) is 1. The van der Waals surface area contributed by atoms with E-state index in [-0.39, 0.29) is 35.1 Å². The first kappa shape index (κ1) is 26.6. The van der Waals surface area contributed by atoms with Crippen LogP contribution in [-0.4, -0.2) is 70.5 Å². The summed E-state index contributed by atoms with van der Waals surface area (Å²) < 4.78 is 42.8. The fourth-order valence-corrected chi connectivity index (χ4v) is 5.08. The highest BCUT2D eigenvalue weighted by molar-refractivity contribution is 7.89.